The molecule has 0 spiro atoms. The summed E-state index contributed by atoms with van der Waals surface area (Å²) in [4.78, 5) is 0. The van der Waals surface area contributed by atoms with Crippen LogP contribution in [0.3, 0.4) is 0 Å². The van der Waals surface area contributed by atoms with Crippen molar-refractivity contribution in [2.24, 2.45) is 11.1 Å². The van der Waals surface area contributed by atoms with Gasteiger partial charge in [0.15, 0.2) is 0 Å². The van der Waals surface area contributed by atoms with Crippen LogP contribution in [0.2, 0.25) is 0 Å². The Hall–Kier alpha value is 0.230. The van der Waals surface area contributed by atoms with Gasteiger partial charge in [0.25, 0.3) is 0 Å². The Labute approximate surface area is 52.2 Å². The van der Waals surface area contributed by atoms with Crippen LogP contribution in [0.5, 0.6) is 0 Å². The summed E-state index contributed by atoms with van der Waals surface area (Å²) in [6, 6.07) is 0. The third kappa shape index (κ3) is 4.39. The zero-order valence-electron chi connectivity index (χ0n) is 4.83. The predicted octanol–water partition coefficient (Wildman–Crippen LogP) is -0.763. The monoisotopic (exact) mass is 137 g/mol. The van der Waals surface area contributed by atoms with Crippen molar-refractivity contribution in [2.75, 3.05) is 12.4 Å². The molecule has 0 saturated carbocycles. The maximum absolute atomic E-state index is 10.2. The molecule has 0 fully saturated rings. The van der Waals surface area contributed by atoms with Gasteiger partial charge in [0.2, 0.25) is 0 Å². The summed E-state index contributed by atoms with van der Waals surface area (Å²) in [5.41, 5.74) is 0. The van der Waals surface area contributed by atoms with Crippen molar-refractivity contribution in [1.29, 1.82) is 0 Å². The van der Waals surface area contributed by atoms with Crippen molar-refractivity contribution in [3.05, 3.63) is 0 Å². The van der Waals surface area contributed by atoms with Gasteiger partial charge in [-0.3, -0.25) is 0 Å². The minimum absolute atomic E-state index is 0.0563. The molecule has 0 saturated heterocycles. The first-order valence-electron chi connectivity index (χ1n) is 2.40. The van der Waals surface area contributed by atoms with Crippen LogP contribution in [-0.2, 0) is 11.4 Å². The lowest BCUT2D eigenvalue weighted by molar-refractivity contribution is 0.249. The van der Waals surface area contributed by atoms with E-state index in [0.29, 0.717) is 5.75 Å². The minimum atomic E-state index is -1.26. The van der Waals surface area contributed by atoms with E-state index < -0.39 is 11.4 Å². The number of aliphatic hydroxyl groups excluding tert-OH is 1. The maximum atomic E-state index is 10.2. The van der Waals surface area contributed by atoms with E-state index in [9.17, 15) is 4.55 Å². The molecular formula is C4H11NO2S. The molecule has 0 aliphatic carbocycles. The van der Waals surface area contributed by atoms with Crippen molar-refractivity contribution in [2.45, 2.75) is 6.92 Å². The molecular weight excluding hydrogens is 126 g/mol. The van der Waals surface area contributed by atoms with Crippen LogP contribution in [0, 0.1) is 5.92 Å². The van der Waals surface area contributed by atoms with Gasteiger partial charge in [-0.25, -0.2) is 0 Å². The summed E-state index contributed by atoms with van der Waals surface area (Å²) in [5, 5.41) is 13.3. The second-order valence-corrected chi connectivity index (χ2v) is 2.93. The summed E-state index contributed by atoms with van der Waals surface area (Å²) < 4.78 is 10.2. The van der Waals surface area contributed by atoms with E-state index in [4.69, 9.17) is 10.2 Å². The highest BCUT2D eigenvalue weighted by atomic mass is 32.2. The fourth-order valence-electron chi connectivity index (χ4n) is 0.333. The van der Waals surface area contributed by atoms with Gasteiger partial charge in [-0.05, 0) is 0 Å². The van der Waals surface area contributed by atoms with Gasteiger partial charge in [-0.2, -0.15) is 5.14 Å². The van der Waals surface area contributed by atoms with Crippen LogP contribution in [-0.4, -0.2) is 22.0 Å². The van der Waals surface area contributed by atoms with Crippen LogP contribution in [0.1, 0.15) is 6.92 Å². The maximum Gasteiger partial charge on any atom is 0.130 e. The van der Waals surface area contributed by atoms with E-state index in [0.717, 1.165) is 0 Å². The average molecular weight is 137 g/mol. The second kappa shape index (κ2) is 4.14. The van der Waals surface area contributed by atoms with Gasteiger partial charge in [0.05, 0.1) is 6.61 Å². The average Bonchev–Trinajstić information content (AvgIpc) is 1.65. The molecule has 50 valence electrons. The second-order valence-electron chi connectivity index (χ2n) is 1.84. The first kappa shape index (κ1) is 8.23. The first-order chi connectivity index (χ1) is 3.66. The molecule has 2 atom stereocenters. The standard InChI is InChI=1S/C4H11NO2S/c1-4(2-6)3-8(5)7/h4,6H,2-3,5H2,1H3. The third-order valence-electron chi connectivity index (χ3n) is 0.760. The molecule has 3 nitrogen and oxygen atoms in total. The lowest BCUT2D eigenvalue weighted by Gasteiger charge is -2.06. The Kier molecular flexibility index (Phi) is 4.26. The lowest BCUT2D eigenvalue weighted by Crippen LogP contribution is -2.23. The van der Waals surface area contributed by atoms with Gasteiger partial charge >= 0.3 is 0 Å². The van der Waals surface area contributed by atoms with Gasteiger partial charge in [0, 0.05) is 17.3 Å². The molecule has 0 aromatic rings. The van der Waals surface area contributed by atoms with Crippen LogP contribution in [0.4, 0.5) is 0 Å². The molecule has 3 N–H and O–H groups in total. The molecule has 2 unspecified atom stereocenters. The Balaban J connectivity index is 3.10. The molecule has 0 amide bonds. The quantitative estimate of drug-likeness (QED) is 0.502. The molecule has 0 aromatic carbocycles. The van der Waals surface area contributed by atoms with Crippen molar-refractivity contribution in [3.63, 3.8) is 0 Å². The van der Waals surface area contributed by atoms with Gasteiger partial charge < -0.3 is 9.66 Å². The van der Waals surface area contributed by atoms with E-state index in [2.05, 4.69) is 0 Å². The van der Waals surface area contributed by atoms with Crippen molar-refractivity contribution in [3.8, 4) is 0 Å². The number of hydrogen-bond acceptors (Lipinski definition) is 3. The zero-order valence-corrected chi connectivity index (χ0v) is 5.65. The van der Waals surface area contributed by atoms with E-state index in [1.807, 2.05) is 0 Å². The highest BCUT2D eigenvalue weighted by molar-refractivity contribution is 7.89. The van der Waals surface area contributed by atoms with Crippen LogP contribution < -0.4 is 5.14 Å². The fourth-order valence-corrected chi connectivity index (χ4v) is 0.999. The van der Waals surface area contributed by atoms with Gasteiger partial charge in [-0.15, -0.1) is 0 Å². The van der Waals surface area contributed by atoms with Crippen LogP contribution in [0.25, 0.3) is 0 Å². The first-order valence-corrected chi connectivity index (χ1v) is 3.78. The fraction of sp³-hybridized carbons (Fsp3) is 1.00. The van der Waals surface area contributed by atoms with Gasteiger partial charge in [0.1, 0.15) is 5.75 Å². The Morgan fingerprint density at radius 2 is 2.38 bits per heavy atom. The van der Waals surface area contributed by atoms with Gasteiger partial charge in [-0.1, -0.05) is 6.92 Å². The molecule has 0 aliphatic rings. The summed E-state index contributed by atoms with van der Waals surface area (Å²) in [5.74, 6) is 0.442. The summed E-state index contributed by atoms with van der Waals surface area (Å²) in [7, 11) is 0. The molecule has 8 heavy (non-hydrogen) atoms. The topological polar surface area (TPSA) is 69.3 Å². The Morgan fingerprint density at radius 3 is 2.50 bits per heavy atom. The predicted molar refractivity (Wildman–Crippen MR) is 33.4 cm³/mol. The van der Waals surface area contributed by atoms with E-state index in [1.165, 1.54) is 0 Å². The largest absolute Gasteiger partial charge is 0.598 e. The summed E-state index contributed by atoms with van der Waals surface area (Å²) >= 11 is -1.26. The summed E-state index contributed by atoms with van der Waals surface area (Å²) in [6.45, 7) is 1.85. The van der Waals surface area contributed by atoms with E-state index >= 15 is 0 Å². The molecule has 0 aliphatic heterocycles. The third-order valence-corrected chi connectivity index (χ3v) is 1.66. The summed E-state index contributed by atoms with van der Waals surface area (Å²) in [6.07, 6.45) is 0. The number of nitrogens with two attached hydrogens (primary N) is 1. The van der Waals surface area contributed by atoms with Crippen molar-refractivity contribution in [1.82, 2.24) is 0 Å². The van der Waals surface area contributed by atoms with Crippen molar-refractivity contribution < 1.29 is 9.66 Å². The number of aliphatic hydroxyl groups is 1. The molecule has 0 bridgehead atoms. The minimum Gasteiger partial charge on any atom is -0.598 e. The highest BCUT2D eigenvalue weighted by Crippen LogP contribution is 1.94. The SMILES string of the molecule is CC(CO)C[S+](N)[O-]. The lowest BCUT2D eigenvalue weighted by atomic mass is 10.2. The Morgan fingerprint density at radius 1 is 1.88 bits per heavy atom. The number of rotatable bonds is 3. The normalized spacial score (nSPS) is 18.0. The van der Waals surface area contributed by atoms with Crippen LogP contribution >= 0.6 is 0 Å². The Bertz CT molecular complexity index is 60.0. The smallest absolute Gasteiger partial charge is 0.130 e. The van der Waals surface area contributed by atoms with E-state index in [1.54, 1.807) is 6.92 Å². The van der Waals surface area contributed by atoms with Crippen LogP contribution in [0.15, 0.2) is 0 Å². The number of hydrogen-bond donors (Lipinski definition) is 2. The molecule has 0 aromatic heterocycles. The molecule has 0 heterocycles. The molecule has 4 heteroatoms. The van der Waals surface area contributed by atoms with E-state index in [-0.39, 0.29) is 12.5 Å². The molecule has 0 radical (unpaired) electrons. The highest BCUT2D eigenvalue weighted by Gasteiger charge is 2.06. The van der Waals surface area contributed by atoms with Crippen molar-refractivity contribution >= 4 is 11.4 Å². The molecule has 0 rings (SSSR count). The zero-order chi connectivity index (χ0) is 6.57.